The van der Waals surface area contributed by atoms with Crippen LogP contribution in [0.4, 0.5) is 5.69 Å². The Morgan fingerprint density at radius 2 is 1.78 bits per heavy atom. The molecule has 3 aromatic rings. The van der Waals surface area contributed by atoms with Gasteiger partial charge < -0.3 is 29.7 Å². The second-order valence-electron chi connectivity index (χ2n) is 9.25. The summed E-state index contributed by atoms with van der Waals surface area (Å²) in [6, 6.07) is 12.0. The highest BCUT2D eigenvalue weighted by atomic mass is 16.9. The van der Waals surface area contributed by atoms with Crippen molar-refractivity contribution in [1.82, 2.24) is 5.32 Å². The molecule has 12 nitrogen and oxygen atoms in total. The van der Waals surface area contributed by atoms with Gasteiger partial charge in [-0.3, -0.25) is 14.4 Å². The molecule has 1 unspecified atom stereocenters. The Hall–Kier alpha value is -5.13. The van der Waals surface area contributed by atoms with Crippen LogP contribution in [0.2, 0.25) is 0 Å². The molecule has 1 aliphatic carbocycles. The van der Waals surface area contributed by atoms with Gasteiger partial charge in [-0.05, 0) is 65.4 Å². The second kappa shape index (κ2) is 12.4. The van der Waals surface area contributed by atoms with Crippen molar-refractivity contribution in [3.8, 4) is 28.4 Å². The quantitative estimate of drug-likeness (QED) is 0.292. The van der Waals surface area contributed by atoms with Crippen LogP contribution in [0.3, 0.4) is 0 Å². The van der Waals surface area contributed by atoms with Crippen LogP contribution >= 0.6 is 0 Å². The number of carbonyl (C=O) groups is 2. The topological polar surface area (TPSA) is 155 Å². The van der Waals surface area contributed by atoms with E-state index < -0.39 is 22.5 Å². The van der Waals surface area contributed by atoms with E-state index in [0.717, 1.165) is 5.56 Å². The molecule has 0 saturated heterocycles. The molecule has 2 amide bonds. The van der Waals surface area contributed by atoms with Gasteiger partial charge in [-0.2, -0.15) is 0 Å². The first-order valence-corrected chi connectivity index (χ1v) is 12.6. The summed E-state index contributed by atoms with van der Waals surface area (Å²) >= 11 is 0. The van der Waals surface area contributed by atoms with Gasteiger partial charge in [-0.1, -0.05) is 18.2 Å². The Labute approximate surface area is 235 Å². The first-order valence-electron chi connectivity index (χ1n) is 12.6. The molecule has 2 N–H and O–H groups in total. The first kappa shape index (κ1) is 28.9. The zero-order valence-corrected chi connectivity index (χ0v) is 22.9. The average Bonchev–Trinajstić information content (AvgIpc) is 3.19. The van der Waals surface area contributed by atoms with Gasteiger partial charge in [-0.25, -0.2) is 0 Å². The highest BCUT2D eigenvalue weighted by molar-refractivity contribution is 6.04. The third kappa shape index (κ3) is 6.21. The van der Waals surface area contributed by atoms with Gasteiger partial charge in [0.05, 0.1) is 33.1 Å². The zero-order chi connectivity index (χ0) is 29.7. The Kier molecular flexibility index (Phi) is 8.71. The molecule has 4 rings (SSSR count). The van der Waals surface area contributed by atoms with E-state index in [1.807, 2.05) is 6.07 Å². The monoisotopic (exact) mass is 563 g/mol. The fourth-order valence-corrected chi connectivity index (χ4v) is 4.94. The molecule has 12 heteroatoms. The number of nitrogens with one attached hydrogen (secondary N) is 2. The van der Waals surface area contributed by atoms with Crippen molar-refractivity contribution in [2.75, 3.05) is 26.6 Å². The highest BCUT2D eigenvalue weighted by Gasteiger charge is 2.29. The number of anilines is 1. The van der Waals surface area contributed by atoms with Crippen molar-refractivity contribution in [1.29, 1.82) is 0 Å². The van der Waals surface area contributed by atoms with Gasteiger partial charge in [0.2, 0.25) is 17.1 Å². The van der Waals surface area contributed by atoms with Gasteiger partial charge in [0, 0.05) is 18.1 Å². The molecular weight excluding hydrogens is 534 g/mol. The maximum atomic E-state index is 13.4. The van der Waals surface area contributed by atoms with E-state index in [1.165, 1.54) is 52.5 Å². The van der Waals surface area contributed by atoms with Crippen LogP contribution < -0.4 is 30.3 Å². The molecule has 0 heterocycles. The Balaban J connectivity index is 1.83. The van der Waals surface area contributed by atoms with Crippen molar-refractivity contribution in [3.63, 3.8) is 0 Å². The number of hydrogen-bond donors (Lipinski definition) is 2. The van der Waals surface area contributed by atoms with Crippen LogP contribution in [0.5, 0.6) is 17.2 Å². The Morgan fingerprint density at radius 3 is 2.44 bits per heavy atom. The third-order valence-electron chi connectivity index (χ3n) is 6.69. The number of aryl methyl sites for hydroxylation is 1. The fraction of sp³-hybridized carbons (Fsp3) is 0.276. The van der Waals surface area contributed by atoms with E-state index in [1.54, 1.807) is 18.2 Å². The van der Waals surface area contributed by atoms with Crippen LogP contribution in [0.15, 0.2) is 53.3 Å². The van der Waals surface area contributed by atoms with Crippen molar-refractivity contribution in [3.05, 3.63) is 91.1 Å². The summed E-state index contributed by atoms with van der Waals surface area (Å²) in [5.41, 5.74) is 2.82. The minimum Gasteiger partial charge on any atom is -0.493 e. The molecule has 0 spiro atoms. The maximum absolute atomic E-state index is 13.4. The molecule has 3 aromatic carbocycles. The standard InChI is InChI=1S/C29H29N3O9/c1-16(33)30-22-10-8-18-13-25(38-2)27(39-3)28(40-4)26(18)20-9-11-23(24(34)14-21(20)22)31-29(35)19-7-5-6-17(12-19)15-41-32(36)37/h5-7,9,11-14,22H,8,10,15H2,1-4H3,(H,30,33)(H,31,34,35). The van der Waals surface area contributed by atoms with Gasteiger partial charge in [0.25, 0.3) is 11.0 Å². The number of ether oxygens (including phenoxy) is 3. The highest BCUT2D eigenvalue weighted by Crippen LogP contribution is 2.50. The summed E-state index contributed by atoms with van der Waals surface area (Å²) in [5.74, 6) is 0.411. The van der Waals surface area contributed by atoms with E-state index in [9.17, 15) is 24.5 Å². The van der Waals surface area contributed by atoms with Crippen molar-refractivity contribution in [2.24, 2.45) is 0 Å². The summed E-state index contributed by atoms with van der Waals surface area (Å²) in [7, 11) is 4.53. The minimum absolute atomic E-state index is 0.00223. The normalized spacial score (nSPS) is 13.5. The van der Waals surface area contributed by atoms with Crippen molar-refractivity contribution < 1.29 is 33.7 Å². The van der Waals surface area contributed by atoms with Crippen LogP contribution in [-0.2, 0) is 22.7 Å². The third-order valence-corrected chi connectivity index (χ3v) is 6.69. The van der Waals surface area contributed by atoms with E-state index >= 15 is 0 Å². The van der Waals surface area contributed by atoms with E-state index in [2.05, 4.69) is 15.5 Å². The lowest BCUT2D eigenvalue weighted by molar-refractivity contribution is -0.763. The summed E-state index contributed by atoms with van der Waals surface area (Å²) in [4.78, 5) is 53.5. The lowest BCUT2D eigenvalue weighted by atomic mass is 9.95. The molecule has 41 heavy (non-hydrogen) atoms. The lowest BCUT2D eigenvalue weighted by Crippen LogP contribution is -2.26. The molecule has 0 fully saturated rings. The second-order valence-corrected chi connectivity index (χ2v) is 9.25. The zero-order valence-electron chi connectivity index (χ0n) is 22.9. The number of benzene rings is 2. The molecule has 0 aromatic heterocycles. The summed E-state index contributed by atoms with van der Waals surface area (Å²) in [6.45, 7) is 1.08. The molecule has 0 radical (unpaired) electrons. The van der Waals surface area contributed by atoms with Crippen LogP contribution in [0, 0.1) is 10.1 Å². The van der Waals surface area contributed by atoms with Gasteiger partial charge in [0.15, 0.2) is 11.5 Å². The van der Waals surface area contributed by atoms with Gasteiger partial charge in [-0.15, -0.1) is 10.1 Å². The van der Waals surface area contributed by atoms with E-state index in [-0.39, 0.29) is 23.8 Å². The summed E-state index contributed by atoms with van der Waals surface area (Å²) in [5, 5.41) is 15.2. The van der Waals surface area contributed by atoms with Crippen molar-refractivity contribution in [2.45, 2.75) is 32.4 Å². The maximum Gasteiger partial charge on any atom is 0.294 e. The number of methoxy groups -OCH3 is 3. The largest absolute Gasteiger partial charge is 0.493 e. The molecule has 0 bridgehead atoms. The number of amides is 2. The molecule has 214 valence electrons. The van der Waals surface area contributed by atoms with Crippen LogP contribution in [0.1, 0.15) is 46.4 Å². The predicted octanol–water partition coefficient (Wildman–Crippen LogP) is 3.82. The smallest absolute Gasteiger partial charge is 0.294 e. The van der Waals surface area contributed by atoms with E-state index in [4.69, 9.17) is 14.2 Å². The molecule has 1 aliphatic rings. The molecule has 1 atom stereocenters. The minimum atomic E-state index is -0.919. The van der Waals surface area contributed by atoms with Crippen molar-refractivity contribution >= 4 is 17.5 Å². The SMILES string of the molecule is COc1cc2c(c(OC)c1OC)-c1ccc(NC(=O)c3cccc(CO[N+](=O)[O-])c3)c(=O)cc1C(NC(C)=O)CC2. The molecule has 0 aliphatic heterocycles. The fourth-order valence-electron chi connectivity index (χ4n) is 4.94. The number of fused-ring (bicyclic) bond motifs is 3. The van der Waals surface area contributed by atoms with E-state index in [0.29, 0.717) is 52.3 Å². The lowest BCUT2D eigenvalue weighted by Gasteiger charge is -2.19. The summed E-state index contributed by atoms with van der Waals surface area (Å²) in [6.07, 6.45) is 1.03. The van der Waals surface area contributed by atoms with Crippen LogP contribution in [-0.4, -0.2) is 38.2 Å². The summed E-state index contributed by atoms with van der Waals surface area (Å²) < 4.78 is 16.9. The van der Waals surface area contributed by atoms with Crippen LogP contribution in [0.25, 0.3) is 11.1 Å². The molecular formula is C29H29N3O9. The average molecular weight is 564 g/mol. The number of hydrogen-bond acceptors (Lipinski definition) is 9. The van der Waals surface area contributed by atoms with Gasteiger partial charge in [0.1, 0.15) is 6.61 Å². The number of rotatable bonds is 9. The number of carbonyl (C=O) groups excluding carboxylic acids is 2. The first-order chi connectivity index (χ1) is 19.7. The number of nitrogens with zero attached hydrogens (tertiary/aromatic N) is 1. The molecule has 0 saturated carbocycles. The Morgan fingerprint density at radius 1 is 1.02 bits per heavy atom. The van der Waals surface area contributed by atoms with Gasteiger partial charge >= 0.3 is 0 Å². The predicted molar refractivity (Wildman–Crippen MR) is 149 cm³/mol. The Bertz CT molecular complexity index is 1570.